The largest absolute Gasteiger partial charge is 0.463 e. The molecule has 82 valence electrons. The molecule has 0 aromatic carbocycles. The van der Waals surface area contributed by atoms with Crippen molar-refractivity contribution >= 4 is 17.7 Å². The molecule has 0 aromatic heterocycles. The van der Waals surface area contributed by atoms with E-state index < -0.39 is 0 Å². The zero-order chi connectivity index (χ0) is 10.2. The first-order valence-electron chi connectivity index (χ1n) is 4.78. The highest BCUT2D eigenvalue weighted by molar-refractivity contribution is 7.99. The molecule has 1 N–H and O–H groups in total. The summed E-state index contributed by atoms with van der Waals surface area (Å²) in [6, 6.07) is 0.281. The van der Waals surface area contributed by atoms with Gasteiger partial charge >= 0.3 is 5.97 Å². The summed E-state index contributed by atoms with van der Waals surface area (Å²) in [5, 5.41) is 3.29. The minimum atomic E-state index is -0.137. The molecule has 0 amide bonds. The van der Waals surface area contributed by atoms with Gasteiger partial charge in [-0.15, -0.1) is 0 Å². The van der Waals surface area contributed by atoms with Crippen LogP contribution >= 0.6 is 11.8 Å². The number of rotatable bonds is 5. The van der Waals surface area contributed by atoms with Crippen LogP contribution in [0.25, 0.3) is 0 Å². The van der Waals surface area contributed by atoms with Gasteiger partial charge in [0, 0.05) is 31.2 Å². The first kappa shape index (κ1) is 11.8. The third-order valence-corrected chi connectivity index (χ3v) is 3.09. The molecule has 4 nitrogen and oxygen atoms in total. The van der Waals surface area contributed by atoms with Gasteiger partial charge in [0.15, 0.2) is 0 Å². The Labute approximate surface area is 88.7 Å². The van der Waals surface area contributed by atoms with Gasteiger partial charge in [-0.05, 0) is 0 Å². The lowest BCUT2D eigenvalue weighted by molar-refractivity contribution is -0.145. The number of hydrogen-bond donors (Lipinski definition) is 1. The van der Waals surface area contributed by atoms with Crippen molar-refractivity contribution < 1.29 is 14.3 Å². The highest BCUT2D eigenvalue weighted by Crippen LogP contribution is 2.10. The van der Waals surface area contributed by atoms with E-state index in [-0.39, 0.29) is 12.0 Å². The van der Waals surface area contributed by atoms with E-state index in [0.29, 0.717) is 19.6 Å². The van der Waals surface area contributed by atoms with Crippen molar-refractivity contribution in [2.75, 3.05) is 38.4 Å². The molecule has 0 saturated carbocycles. The number of ether oxygens (including phenoxy) is 2. The van der Waals surface area contributed by atoms with Gasteiger partial charge in [0.2, 0.25) is 0 Å². The topological polar surface area (TPSA) is 47.6 Å². The summed E-state index contributed by atoms with van der Waals surface area (Å²) in [5.74, 6) is 2.00. The lowest BCUT2D eigenvalue weighted by Crippen LogP contribution is -2.39. The molecule has 5 heteroatoms. The highest BCUT2D eigenvalue weighted by atomic mass is 32.2. The quantitative estimate of drug-likeness (QED) is 0.531. The van der Waals surface area contributed by atoms with Crippen LogP contribution in [-0.4, -0.2) is 50.4 Å². The monoisotopic (exact) mass is 219 g/mol. The van der Waals surface area contributed by atoms with Crippen molar-refractivity contribution in [3.05, 3.63) is 0 Å². The smallest absolute Gasteiger partial charge is 0.307 e. The van der Waals surface area contributed by atoms with Crippen molar-refractivity contribution in [2.45, 2.75) is 12.5 Å². The maximum Gasteiger partial charge on any atom is 0.307 e. The second kappa shape index (κ2) is 7.09. The van der Waals surface area contributed by atoms with E-state index in [9.17, 15) is 4.79 Å². The molecule has 1 rings (SSSR count). The van der Waals surface area contributed by atoms with Crippen molar-refractivity contribution in [2.24, 2.45) is 0 Å². The van der Waals surface area contributed by atoms with Crippen LogP contribution in [0.3, 0.4) is 0 Å². The summed E-state index contributed by atoms with van der Waals surface area (Å²) in [4.78, 5) is 11.3. The number of esters is 1. The van der Waals surface area contributed by atoms with E-state index in [2.05, 4.69) is 5.32 Å². The normalized spacial score (nSPS) is 21.9. The van der Waals surface area contributed by atoms with Gasteiger partial charge in [-0.3, -0.25) is 4.79 Å². The zero-order valence-corrected chi connectivity index (χ0v) is 9.27. The third kappa shape index (κ3) is 4.83. The number of methoxy groups -OCH3 is 1. The molecule has 0 aromatic rings. The molecule has 0 radical (unpaired) electrons. The molecule has 1 aliphatic rings. The number of nitrogens with one attached hydrogen (secondary N) is 1. The minimum Gasteiger partial charge on any atom is -0.463 e. The second-order valence-corrected chi connectivity index (χ2v) is 4.29. The van der Waals surface area contributed by atoms with Crippen molar-refractivity contribution in [3.8, 4) is 0 Å². The first-order valence-corrected chi connectivity index (χ1v) is 5.94. The Morgan fingerprint density at radius 3 is 3.07 bits per heavy atom. The Morgan fingerprint density at radius 1 is 1.57 bits per heavy atom. The predicted molar refractivity (Wildman–Crippen MR) is 56.6 cm³/mol. The Hall–Kier alpha value is -0.260. The van der Waals surface area contributed by atoms with Crippen molar-refractivity contribution in [3.63, 3.8) is 0 Å². The minimum absolute atomic E-state index is 0.137. The average Bonchev–Trinajstić information content (AvgIpc) is 2.20. The van der Waals surface area contributed by atoms with E-state index in [4.69, 9.17) is 9.47 Å². The molecule has 0 spiro atoms. The fourth-order valence-electron chi connectivity index (χ4n) is 1.25. The second-order valence-electron chi connectivity index (χ2n) is 3.14. The molecular weight excluding hydrogens is 202 g/mol. The maximum atomic E-state index is 11.3. The molecule has 1 heterocycles. The summed E-state index contributed by atoms with van der Waals surface area (Å²) in [5.41, 5.74) is 0. The fourth-order valence-corrected chi connectivity index (χ4v) is 2.20. The summed E-state index contributed by atoms with van der Waals surface area (Å²) in [6.07, 6.45) is 0.469. The van der Waals surface area contributed by atoms with E-state index in [1.165, 1.54) is 0 Å². The van der Waals surface area contributed by atoms with Crippen LogP contribution in [0.1, 0.15) is 6.42 Å². The molecule has 1 atom stereocenters. The molecule has 1 aliphatic heterocycles. The van der Waals surface area contributed by atoms with Gasteiger partial charge in [0.1, 0.15) is 6.61 Å². The van der Waals surface area contributed by atoms with Crippen molar-refractivity contribution in [1.29, 1.82) is 0 Å². The van der Waals surface area contributed by atoms with Crippen LogP contribution in [0.4, 0.5) is 0 Å². The Kier molecular flexibility index (Phi) is 5.98. The van der Waals surface area contributed by atoms with E-state index in [1.54, 1.807) is 7.11 Å². The van der Waals surface area contributed by atoms with Gasteiger partial charge in [0.25, 0.3) is 0 Å². The summed E-state index contributed by atoms with van der Waals surface area (Å²) in [6.45, 7) is 1.81. The van der Waals surface area contributed by atoms with Crippen molar-refractivity contribution in [1.82, 2.24) is 5.32 Å². The molecule has 1 unspecified atom stereocenters. The molecular formula is C9H17NO3S. The third-order valence-electron chi connectivity index (χ3n) is 1.96. The number of thioether (sulfide) groups is 1. The Balaban J connectivity index is 2.06. The maximum absolute atomic E-state index is 11.3. The number of carbonyl (C=O) groups excluding carboxylic acids is 1. The van der Waals surface area contributed by atoms with E-state index in [0.717, 1.165) is 18.1 Å². The highest BCUT2D eigenvalue weighted by Gasteiger charge is 2.17. The summed E-state index contributed by atoms with van der Waals surface area (Å²) in [7, 11) is 1.59. The SMILES string of the molecule is COCCOC(=O)CC1CSCCN1. The lowest BCUT2D eigenvalue weighted by atomic mass is 10.2. The molecule has 14 heavy (non-hydrogen) atoms. The Bertz CT molecular complexity index is 171. The van der Waals surface area contributed by atoms with Gasteiger partial charge in [-0.2, -0.15) is 11.8 Å². The van der Waals surface area contributed by atoms with Crippen LogP contribution in [0.5, 0.6) is 0 Å². The van der Waals surface area contributed by atoms with Gasteiger partial charge in [0.05, 0.1) is 13.0 Å². The summed E-state index contributed by atoms with van der Waals surface area (Å²) >= 11 is 1.88. The molecule has 0 bridgehead atoms. The van der Waals surface area contributed by atoms with E-state index in [1.807, 2.05) is 11.8 Å². The first-order chi connectivity index (χ1) is 6.83. The van der Waals surface area contributed by atoms with Crippen LogP contribution in [0, 0.1) is 0 Å². The van der Waals surface area contributed by atoms with Crippen LogP contribution in [0.15, 0.2) is 0 Å². The lowest BCUT2D eigenvalue weighted by Gasteiger charge is -2.22. The number of carbonyl (C=O) groups is 1. The van der Waals surface area contributed by atoms with Crippen LogP contribution in [-0.2, 0) is 14.3 Å². The fraction of sp³-hybridized carbons (Fsp3) is 0.889. The van der Waals surface area contributed by atoms with Gasteiger partial charge < -0.3 is 14.8 Å². The predicted octanol–water partition coefficient (Wildman–Crippen LogP) is 0.271. The standard InChI is InChI=1S/C9H17NO3S/c1-12-3-4-13-9(11)6-8-7-14-5-2-10-8/h8,10H,2-7H2,1H3. The van der Waals surface area contributed by atoms with Gasteiger partial charge in [-0.1, -0.05) is 0 Å². The molecule has 0 aliphatic carbocycles. The zero-order valence-electron chi connectivity index (χ0n) is 8.45. The number of hydrogen-bond acceptors (Lipinski definition) is 5. The van der Waals surface area contributed by atoms with Crippen LogP contribution in [0.2, 0.25) is 0 Å². The molecule has 1 saturated heterocycles. The van der Waals surface area contributed by atoms with Gasteiger partial charge in [-0.25, -0.2) is 0 Å². The van der Waals surface area contributed by atoms with E-state index >= 15 is 0 Å². The summed E-state index contributed by atoms with van der Waals surface area (Å²) < 4.78 is 9.76. The Morgan fingerprint density at radius 2 is 2.43 bits per heavy atom. The van der Waals surface area contributed by atoms with Crippen LogP contribution < -0.4 is 5.32 Å². The average molecular weight is 219 g/mol. The molecule has 1 fully saturated rings.